The average molecular weight is 389 g/mol. The molecule has 0 aliphatic heterocycles. The van der Waals surface area contributed by atoms with Crippen molar-refractivity contribution in [2.24, 2.45) is 0 Å². The molecule has 3 rings (SSSR count). The summed E-state index contributed by atoms with van der Waals surface area (Å²) in [6.45, 7) is 0. The number of rotatable bonds is 6. The second kappa shape index (κ2) is 8.00. The molecule has 0 aliphatic rings. The van der Waals surface area contributed by atoms with E-state index in [2.05, 4.69) is 15.6 Å². The molecular formula is C18H19N3O5S. The number of carbonyl (C=O) groups excluding carboxylic acids is 1. The predicted octanol–water partition coefficient (Wildman–Crippen LogP) is 3.97. The summed E-state index contributed by atoms with van der Waals surface area (Å²) in [5.74, 6) is 1.99. The first kappa shape index (κ1) is 18.6. The van der Waals surface area contributed by atoms with Crippen LogP contribution in [0.25, 0.3) is 10.2 Å². The molecule has 3 aromatic rings. The highest BCUT2D eigenvalue weighted by Gasteiger charge is 2.15. The molecule has 0 saturated carbocycles. The van der Waals surface area contributed by atoms with Gasteiger partial charge in [0.25, 0.3) is 0 Å². The Hall–Kier alpha value is -3.20. The standard InChI is InChI=1S/C18H19N3O5S/c1-23-11-6-5-7-14-15(11)20-18(27-14)21-17(22)19-10-8-12(24-2)16(26-4)13(9-10)25-3/h5-9H,1-4H3,(H2,19,20,21,22). The molecule has 2 N–H and O–H groups in total. The maximum Gasteiger partial charge on any atom is 0.325 e. The lowest BCUT2D eigenvalue weighted by atomic mass is 10.2. The lowest BCUT2D eigenvalue weighted by Crippen LogP contribution is -2.19. The minimum Gasteiger partial charge on any atom is -0.494 e. The zero-order chi connectivity index (χ0) is 19.4. The minimum absolute atomic E-state index is 0.442. The fraction of sp³-hybridized carbons (Fsp3) is 0.222. The lowest BCUT2D eigenvalue weighted by Gasteiger charge is -2.14. The van der Waals surface area contributed by atoms with E-state index in [0.717, 1.165) is 4.70 Å². The van der Waals surface area contributed by atoms with Crippen LogP contribution in [0.15, 0.2) is 30.3 Å². The van der Waals surface area contributed by atoms with Gasteiger partial charge in [-0.1, -0.05) is 17.4 Å². The number of aromatic nitrogens is 1. The fourth-order valence-corrected chi connectivity index (χ4v) is 3.43. The summed E-state index contributed by atoms with van der Waals surface area (Å²) in [5, 5.41) is 5.92. The molecule has 2 amide bonds. The van der Waals surface area contributed by atoms with Gasteiger partial charge in [-0.2, -0.15) is 0 Å². The summed E-state index contributed by atoms with van der Waals surface area (Å²) in [7, 11) is 6.12. The van der Waals surface area contributed by atoms with E-state index in [9.17, 15) is 4.79 Å². The van der Waals surface area contributed by atoms with E-state index in [1.54, 1.807) is 19.2 Å². The van der Waals surface area contributed by atoms with Crippen LogP contribution in [0, 0.1) is 0 Å². The van der Waals surface area contributed by atoms with Crippen LogP contribution in [0.4, 0.5) is 15.6 Å². The molecule has 27 heavy (non-hydrogen) atoms. The number of nitrogens with one attached hydrogen (secondary N) is 2. The Morgan fingerprint density at radius 3 is 2.19 bits per heavy atom. The average Bonchev–Trinajstić information content (AvgIpc) is 3.09. The summed E-state index contributed by atoms with van der Waals surface area (Å²) < 4.78 is 22.0. The van der Waals surface area contributed by atoms with Crippen molar-refractivity contribution < 1.29 is 23.7 Å². The first-order valence-corrected chi connectivity index (χ1v) is 8.72. The number of nitrogens with zero attached hydrogens (tertiary/aromatic N) is 1. The third kappa shape index (κ3) is 3.82. The number of urea groups is 1. The van der Waals surface area contributed by atoms with Crippen molar-refractivity contribution in [3.8, 4) is 23.0 Å². The number of methoxy groups -OCH3 is 4. The molecule has 0 spiro atoms. The van der Waals surface area contributed by atoms with Gasteiger partial charge < -0.3 is 24.3 Å². The molecule has 0 atom stereocenters. The first-order valence-electron chi connectivity index (χ1n) is 7.91. The zero-order valence-electron chi connectivity index (χ0n) is 15.3. The number of amides is 2. The van der Waals surface area contributed by atoms with Crippen LogP contribution in [0.3, 0.4) is 0 Å². The highest BCUT2D eigenvalue weighted by atomic mass is 32.1. The maximum absolute atomic E-state index is 12.4. The first-order chi connectivity index (χ1) is 13.1. The highest BCUT2D eigenvalue weighted by molar-refractivity contribution is 7.22. The van der Waals surface area contributed by atoms with Crippen molar-refractivity contribution in [1.29, 1.82) is 0 Å². The van der Waals surface area contributed by atoms with E-state index < -0.39 is 6.03 Å². The molecule has 0 saturated heterocycles. The van der Waals surface area contributed by atoms with Crippen molar-refractivity contribution in [3.63, 3.8) is 0 Å². The van der Waals surface area contributed by atoms with Gasteiger partial charge in [0.05, 0.1) is 38.8 Å². The zero-order valence-corrected chi connectivity index (χ0v) is 16.1. The summed E-state index contributed by atoms with van der Waals surface area (Å²) in [5.41, 5.74) is 1.19. The molecule has 0 aliphatic carbocycles. The van der Waals surface area contributed by atoms with E-state index in [0.29, 0.717) is 39.3 Å². The topological polar surface area (TPSA) is 90.9 Å². The van der Waals surface area contributed by atoms with Crippen molar-refractivity contribution in [2.75, 3.05) is 39.1 Å². The molecule has 8 nitrogen and oxygen atoms in total. The number of anilines is 2. The molecule has 0 radical (unpaired) electrons. The normalized spacial score (nSPS) is 10.4. The number of fused-ring (bicyclic) bond motifs is 1. The number of thiazole rings is 1. The molecule has 9 heteroatoms. The SMILES string of the molecule is COc1cc(NC(=O)Nc2nc3c(OC)cccc3s2)cc(OC)c1OC. The molecule has 1 aromatic heterocycles. The second-order valence-corrected chi connectivity index (χ2v) is 6.35. The Bertz CT molecular complexity index is 948. The lowest BCUT2D eigenvalue weighted by molar-refractivity contribution is 0.262. The third-order valence-electron chi connectivity index (χ3n) is 3.74. The van der Waals surface area contributed by atoms with E-state index in [1.165, 1.54) is 32.7 Å². The Morgan fingerprint density at radius 2 is 1.59 bits per heavy atom. The number of para-hydroxylation sites is 1. The van der Waals surface area contributed by atoms with E-state index in [1.807, 2.05) is 18.2 Å². The van der Waals surface area contributed by atoms with Crippen molar-refractivity contribution in [3.05, 3.63) is 30.3 Å². The van der Waals surface area contributed by atoms with E-state index in [4.69, 9.17) is 18.9 Å². The van der Waals surface area contributed by atoms with Crippen LogP contribution in [-0.2, 0) is 0 Å². The third-order valence-corrected chi connectivity index (χ3v) is 4.68. The van der Waals surface area contributed by atoms with Gasteiger partial charge in [-0.3, -0.25) is 5.32 Å². The molecule has 142 valence electrons. The van der Waals surface area contributed by atoms with Gasteiger partial charge in [0.15, 0.2) is 16.6 Å². The van der Waals surface area contributed by atoms with Crippen LogP contribution >= 0.6 is 11.3 Å². The van der Waals surface area contributed by atoms with Gasteiger partial charge in [0, 0.05) is 12.1 Å². The van der Waals surface area contributed by atoms with Gasteiger partial charge in [-0.05, 0) is 12.1 Å². The second-order valence-electron chi connectivity index (χ2n) is 5.32. The van der Waals surface area contributed by atoms with Crippen LogP contribution in [-0.4, -0.2) is 39.5 Å². The van der Waals surface area contributed by atoms with E-state index in [-0.39, 0.29) is 0 Å². The maximum atomic E-state index is 12.4. The van der Waals surface area contributed by atoms with Gasteiger partial charge >= 0.3 is 6.03 Å². The van der Waals surface area contributed by atoms with Crippen molar-refractivity contribution >= 4 is 38.4 Å². The number of benzene rings is 2. The Balaban J connectivity index is 1.80. The predicted molar refractivity (Wildman–Crippen MR) is 105 cm³/mol. The fourth-order valence-electron chi connectivity index (χ4n) is 2.55. The Morgan fingerprint density at radius 1 is 0.926 bits per heavy atom. The summed E-state index contributed by atoms with van der Waals surface area (Å²) in [6, 6.07) is 8.45. The van der Waals surface area contributed by atoms with Crippen molar-refractivity contribution in [2.45, 2.75) is 0 Å². The van der Waals surface area contributed by atoms with Crippen LogP contribution in [0.1, 0.15) is 0 Å². The quantitative estimate of drug-likeness (QED) is 0.663. The highest BCUT2D eigenvalue weighted by Crippen LogP contribution is 2.40. The Labute approximate surface area is 160 Å². The molecule has 2 aromatic carbocycles. The largest absolute Gasteiger partial charge is 0.494 e. The number of carbonyl (C=O) groups is 1. The molecule has 0 unspecified atom stereocenters. The summed E-state index contributed by atoms with van der Waals surface area (Å²) >= 11 is 1.35. The number of hydrogen-bond acceptors (Lipinski definition) is 7. The van der Waals surface area contributed by atoms with Gasteiger partial charge in [-0.15, -0.1) is 0 Å². The summed E-state index contributed by atoms with van der Waals surface area (Å²) in [4.78, 5) is 16.8. The van der Waals surface area contributed by atoms with Gasteiger partial charge in [0.2, 0.25) is 5.75 Å². The smallest absolute Gasteiger partial charge is 0.325 e. The van der Waals surface area contributed by atoms with Crippen molar-refractivity contribution in [1.82, 2.24) is 4.98 Å². The number of hydrogen-bond donors (Lipinski definition) is 2. The molecule has 0 bridgehead atoms. The molecule has 0 fully saturated rings. The van der Waals surface area contributed by atoms with Crippen LogP contribution in [0.5, 0.6) is 23.0 Å². The molecule has 1 heterocycles. The van der Waals surface area contributed by atoms with Gasteiger partial charge in [-0.25, -0.2) is 9.78 Å². The van der Waals surface area contributed by atoms with Crippen LogP contribution < -0.4 is 29.6 Å². The Kier molecular flexibility index (Phi) is 5.51. The van der Waals surface area contributed by atoms with E-state index >= 15 is 0 Å². The monoisotopic (exact) mass is 389 g/mol. The minimum atomic E-state index is -0.442. The summed E-state index contributed by atoms with van der Waals surface area (Å²) in [6.07, 6.45) is 0. The van der Waals surface area contributed by atoms with Crippen LogP contribution in [0.2, 0.25) is 0 Å². The number of ether oxygens (including phenoxy) is 4. The van der Waals surface area contributed by atoms with Gasteiger partial charge in [0.1, 0.15) is 11.3 Å². The molecular weight excluding hydrogens is 370 g/mol.